The largest absolute Gasteiger partial charge is 0.550 e. The SMILES string of the molecule is CC(=O)Nc1ccc(CCC(O)(CC(=O)[O-])C(C)C)cc1. The second-order valence-electron chi connectivity index (χ2n) is 5.69. The van der Waals surface area contributed by atoms with E-state index in [1.165, 1.54) is 6.92 Å². The van der Waals surface area contributed by atoms with Crippen molar-refractivity contribution < 1.29 is 19.8 Å². The molecular weight excluding hydrogens is 270 g/mol. The Balaban J connectivity index is 2.68. The van der Waals surface area contributed by atoms with Crippen LogP contribution >= 0.6 is 0 Å². The second kappa shape index (κ2) is 7.22. The molecule has 0 bridgehead atoms. The summed E-state index contributed by atoms with van der Waals surface area (Å²) in [6, 6.07) is 7.27. The summed E-state index contributed by atoms with van der Waals surface area (Å²) in [4.78, 5) is 21.7. The van der Waals surface area contributed by atoms with Gasteiger partial charge in [0.25, 0.3) is 0 Å². The molecule has 0 aliphatic heterocycles. The van der Waals surface area contributed by atoms with E-state index in [4.69, 9.17) is 0 Å². The van der Waals surface area contributed by atoms with Crippen molar-refractivity contribution in [1.29, 1.82) is 0 Å². The number of anilines is 1. The number of carboxylic acids is 1. The van der Waals surface area contributed by atoms with Crippen molar-refractivity contribution in [3.05, 3.63) is 29.8 Å². The molecule has 1 aromatic carbocycles. The van der Waals surface area contributed by atoms with E-state index in [1.807, 2.05) is 12.1 Å². The third-order valence-corrected chi connectivity index (χ3v) is 3.65. The fraction of sp³-hybridized carbons (Fsp3) is 0.500. The first-order valence-electron chi connectivity index (χ1n) is 7.01. The van der Waals surface area contributed by atoms with Gasteiger partial charge in [0, 0.05) is 25.0 Å². The first-order valence-corrected chi connectivity index (χ1v) is 7.01. The number of carboxylic acid groups (broad SMARTS) is 1. The van der Waals surface area contributed by atoms with Gasteiger partial charge in [0.15, 0.2) is 0 Å². The molecule has 0 heterocycles. The third-order valence-electron chi connectivity index (χ3n) is 3.65. The number of benzene rings is 1. The van der Waals surface area contributed by atoms with Crippen LogP contribution in [0.3, 0.4) is 0 Å². The fourth-order valence-electron chi connectivity index (χ4n) is 2.15. The monoisotopic (exact) mass is 292 g/mol. The van der Waals surface area contributed by atoms with E-state index in [0.29, 0.717) is 18.5 Å². The van der Waals surface area contributed by atoms with Crippen LogP contribution in [0.5, 0.6) is 0 Å². The smallest absolute Gasteiger partial charge is 0.221 e. The summed E-state index contributed by atoms with van der Waals surface area (Å²) in [5, 5.41) is 23.9. The Hall–Kier alpha value is -1.88. The van der Waals surface area contributed by atoms with E-state index in [-0.39, 0.29) is 18.2 Å². The van der Waals surface area contributed by atoms with Gasteiger partial charge in [-0.1, -0.05) is 26.0 Å². The molecule has 1 unspecified atom stereocenters. The van der Waals surface area contributed by atoms with Crippen LogP contribution < -0.4 is 10.4 Å². The molecule has 0 aromatic heterocycles. The van der Waals surface area contributed by atoms with Crippen LogP contribution in [0.15, 0.2) is 24.3 Å². The Morgan fingerprint density at radius 1 is 1.29 bits per heavy atom. The number of carbonyl (C=O) groups excluding carboxylic acids is 2. The number of aryl methyl sites for hydroxylation is 1. The molecule has 2 N–H and O–H groups in total. The van der Waals surface area contributed by atoms with Gasteiger partial charge in [0.2, 0.25) is 5.91 Å². The van der Waals surface area contributed by atoms with Gasteiger partial charge in [0.05, 0.1) is 5.60 Å². The lowest BCUT2D eigenvalue weighted by molar-refractivity contribution is -0.310. The van der Waals surface area contributed by atoms with Crippen molar-refractivity contribution in [2.75, 3.05) is 5.32 Å². The highest BCUT2D eigenvalue weighted by atomic mass is 16.4. The summed E-state index contributed by atoms with van der Waals surface area (Å²) in [5.41, 5.74) is 0.413. The molecule has 1 aromatic rings. The summed E-state index contributed by atoms with van der Waals surface area (Å²) in [7, 11) is 0. The molecule has 0 saturated carbocycles. The molecule has 5 heteroatoms. The molecule has 1 rings (SSSR count). The maximum absolute atomic E-state index is 10.9. The average molecular weight is 292 g/mol. The zero-order chi connectivity index (χ0) is 16.0. The molecule has 1 atom stereocenters. The number of rotatable bonds is 7. The third kappa shape index (κ3) is 5.55. The van der Waals surface area contributed by atoms with Gasteiger partial charge >= 0.3 is 0 Å². The Kier molecular flexibility index (Phi) is 5.90. The number of nitrogens with one attached hydrogen (secondary N) is 1. The van der Waals surface area contributed by atoms with Crippen LogP contribution in [-0.2, 0) is 16.0 Å². The van der Waals surface area contributed by atoms with Gasteiger partial charge in [0.1, 0.15) is 0 Å². The fourth-order valence-corrected chi connectivity index (χ4v) is 2.15. The van der Waals surface area contributed by atoms with Gasteiger partial charge in [-0.3, -0.25) is 4.79 Å². The first-order chi connectivity index (χ1) is 9.73. The van der Waals surface area contributed by atoms with Crippen molar-refractivity contribution in [2.24, 2.45) is 5.92 Å². The van der Waals surface area contributed by atoms with Gasteiger partial charge in [-0.2, -0.15) is 0 Å². The number of hydrogen-bond acceptors (Lipinski definition) is 4. The highest BCUT2D eigenvalue weighted by molar-refractivity contribution is 5.88. The van der Waals surface area contributed by atoms with Crippen molar-refractivity contribution in [1.82, 2.24) is 0 Å². The highest BCUT2D eigenvalue weighted by Gasteiger charge is 2.30. The molecule has 0 saturated heterocycles. The minimum Gasteiger partial charge on any atom is -0.550 e. The molecule has 0 spiro atoms. The molecule has 116 valence electrons. The normalized spacial score (nSPS) is 13.8. The Labute approximate surface area is 125 Å². The predicted octanol–water partition coefficient (Wildman–Crippen LogP) is 1.10. The molecule has 1 amide bonds. The Bertz CT molecular complexity index is 496. The molecule has 5 nitrogen and oxygen atoms in total. The first kappa shape index (κ1) is 17.2. The number of amides is 1. The number of aliphatic hydroxyl groups is 1. The van der Waals surface area contributed by atoms with E-state index in [0.717, 1.165) is 5.56 Å². The highest BCUT2D eigenvalue weighted by Crippen LogP contribution is 2.27. The summed E-state index contributed by atoms with van der Waals surface area (Å²) >= 11 is 0. The van der Waals surface area contributed by atoms with Crippen LogP contribution in [0.1, 0.15) is 39.2 Å². The number of aliphatic carboxylic acids is 1. The van der Waals surface area contributed by atoms with Gasteiger partial charge in [-0.05, 0) is 36.5 Å². The van der Waals surface area contributed by atoms with Crippen molar-refractivity contribution >= 4 is 17.6 Å². The topological polar surface area (TPSA) is 89.5 Å². The number of hydrogen-bond donors (Lipinski definition) is 2. The maximum Gasteiger partial charge on any atom is 0.221 e. The number of carbonyl (C=O) groups is 2. The van der Waals surface area contributed by atoms with Crippen LogP contribution in [0.2, 0.25) is 0 Å². The Morgan fingerprint density at radius 3 is 2.29 bits per heavy atom. The van der Waals surface area contributed by atoms with Crippen LogP contribution in [-0.4, -0.2) is 22.6 Å². The van der Waals surface area contributed by atoms with Crippen LogP contribution in [0, 0.1) is 5.92 Å². The van der Waals surface area contributed by atoms with Crippen molar-refractivity contribution in [2.45, 2.75) is 45.6 Å². The summed E-state index contributed by atoms with van der Waals surface area (Å²) in [6.07, 6.45) is 0.537. The zero-order valence-electron chi connectivity index (χ0n) is 12.7. The van der Waals surface area contributed by atoms with Crippen LogP contribution in [0.4, 0.5) is 5.69 Å². The van der Waals surface area contributed by atoms with E-state index in [2.05, 4.69) is 5.32 Å². The van der Waals surface area contributed by atoms with E-state index in [1.54, 1.807) is 26.0 Å². The molecule has 0 radical (unpaired) electrons. The standard InChI is InChI=1S/C16H23NO4/c1-11(2)16(21,10-15(19)20)9-8-13-4-6-14(7-5-13)17-12(3)18/h4-7,11,21H,8-10H2,1-3H3,(H,17,18)(H,19,20)/p-1. The predicted molar refractivity (Wildman–Crippen MR) is 78.5 cm³/mol. The van der Waals surface area contributed by atoms with Gasteiger partial charge < -0.3 is 20.3 Å². The maximum atomic E-state index is 10.9. The van der Waals surface area contributed by atoms with Gasteiger partial charge in [-0.15, -0.1) is 0 Å². The molecule has 21 heavy (non-hydrogen) atoms. The van der Waals surface area contributed by atoms with Crippen LogP contribution in [0.25, 0.3) is 0 Å². The molecule has 0 aliphatic rings. The minimum absolute atomic E-state index is 0.133. The molecular formula is C16H22NO4-. The zero-order valence-corrected chi connectivity index (χ0v) is 12.7. The summed E-state index contributed by atoms with van der Waals surface area (Å²) in [5.74, 6) is -1.55. The lowest BCUT2D eigenvalue weighted by Gasteiger charge is -2.32. The van der Waals surface area contributed by atoms with E-state index >= 15 is 0 Å². The lowest BCUT2D eigenvalue weighted by atomic mass is 9.82. The summed E-state index contributed by atoms with van der Waals surface area (Å²) in [6.45, 7) is 5.03. The minimum atomic E-state index is -1.27. The quantitative estimate of drug-likeness (QED) is 0.787. The molecule has 0 aliphatic carbocycles. The van der Waals surface area contributed by atoms with E-state index in [9.17, 15) is 19.8 Å². The average Bonchev–Trinajstić information content (AvgIpc) is 2.36. The van der Waals surface area contributed by atoms with Gasteiger partial charge in [-0.25, -0.2) is 0 Å². The summed E-state index contributed by atoms with van der Waals surface area (Å²) < 4.78 is 0. The molecule has 0 fully saturated rings. The van der Waals surface area contributed by atoms with Crippen molar-refractivity contribution in [3.8, 4) is 0 Å². The van der Waals surface area contributed by atoms with Crippen molar-refractivity contribution in [3.63, 3.8) is 0 Å². The lowest BCUT2D eigenvalue weighted by Crippen LogP contribution is -2.42. The Morgan fingerprint density at radius 2 is 1.86 bits per heavy atom. The second-order valence-corrected chi connectivity index (χ2v) is 5.69. The van der Waals surface area contributed by atoms with E-state index < -0.39 is 11.6 Å².